The minimum atomic E-state index is -0.447. The summed E-state index contributed by atoms with van der Waals surface area (Å²) in [6, 6.07) is 10.5. The fraction of sp³-hybridized carbons (Fsp3) is 0.545. The molecule has 0 radical (unpaired) electrons. The van der Waals surface area contributed by atoms with Gasteiger partial charge in [0, 0.05) is 13.1 Å². The van der Waals surface area contributed by atoms with Crippen LogP contribution in [-0.4, -0.2) is 60.8 Å². The number of nitrogens with two attached hydrogens (primary N) is 1. The van der Waals surface area contributed by atoms with E-state index in [1.54, 1.807) is 0 Å². The molecule has 0 aliphatic carbocycles. The highest BCUT2D eigenvalue weighted by atomic mass is 16.6. The number of anilines is 2. The van der Waals surface area contributed by atoms with E-state index in [0.717, 1.165) is 65.2 Å². The topological polar surface area (TPSA) is 112 Å². The van der Waals surface area contributed by atoms with Crippen LogP contribution in [-0.2, 0) is 17.6 Å². The maximum atomic E-state index is 11.7. The van der Waals surface area contributed by atoms with Crippen molar-refractivity contribution in [1.82, 2.24) is 9.97 Å². The number of aromatic nitrogens is 2. The minimum Gasteiger partial charge on any atom is -0.378 e. The van der Waals surface area contributed by atoms with Crippen LogP contribution in [0.15, 0.2) is 30.3 Å². The number of quaternary nitrogens is 1. The number of hydrogen-bond donors (Lipinski definition) is 2. The zero-order valence-electron chi connectivity index (χ0n) is 17.8. The van der Waals surface area contributed by atoms with Gasteiger partial charge in [-0.15, -0.1) is 0 Å². The molecule has 0 bridgehead atoms. The number of rotatable bonds is 7. The number of nitro groups is 1. The molecule has 9 nitrogen and oxygen atoms in total. The van der Waals surface area contributed by atoms with Crippen molar-refractivity contribution in [2.24, 2.45) is 5.92 Å². The predicted octanol–water partition coefficient (Wildman–Crippen LogP) is 0.884. The van der Waals surface area contributed by atoms with Gasteiger partial charge in [0.1, 0.15) is 18.9 Å². The van der Waals surface area contributed by atoms with E-state index in [1.807, 2.05) is 11.0 Å². The van der Waals surface area contributed by atoms with E-state index in [4.69, 9.17) is 10.5 Å². The van der Waals surface area contributed by atoms with Gasteiger partial charge in [0.05, 0.1) is 31.1 Å². The molecule has 0 amide bonds. The number of benzene rings is 1. The highest BCUT2D eigenvalue weighted by Crippen LogP contribution is 2.34. The first-order chi connectivity index (χ1) is 15.1. The lowest BCUT2D eigenvalue weighted by atomic mass is 9.90. The summed E-state index contributed by atoms with van der Waals surface area (Å²) in [5.74, 6) is 1.50. The molecule has 0 spiro atoms. The molecule has 2 aromatic rings. The van der Waals surface area contributed by atoms with Gasteiger partial charge in [-0.3, -0.25) is 10.1 Å². The molecular weight excluding hydrogens is 396 g/mol. The number of ether oxygens (including phenoxy) is 1. The zero-order valence-corrected chi connectivity index (χ0v) is 17.8. The molecule has 166 valence electrons. The van der Waals surface area contributed by atoms with Crippen LogP contribution in [0.25, 0.3) is 0 Å². The Bertz CT molecular complexity index is 880. The van der Waals surface area contributed by atoms with Crippen LogP contribution in [0, 0.1) is 16.0 Å². The third-order valence-electron chi connectivity index (χ3n) is 6.30. The van der Waals surface area contributed by atoms with Gasteiger partial charge in [0.25, 0.3) is 0 Å². The first-order valence-corrected chi connectivity index (χ1v) is 11.1. The van der Waals surface area contributed by atoms with Crippen LogP contribution in [0.2, 0.25) is 0 Å². The Morgan fingerprint density at radius 1 is 1.16 bits per heavy atom. The third-order valence-corrected chi connectivity index (χ3v) is 6.30. The van der Waals surface area contributed by atoms with Crippen LogP contribution in [0.4, 0.5) is 17.3 Å². The Hall–Kier alpha value is -2.78. The van der Waals surface area contributed by atoms with Gasteiger partial charge in [-0.2, -0.15) is 0 Å². The van der Waals surface area contributed by atoms with Gasteiger partial charge in [0.15, 0.2) is 0 Å². The quantitative estimate of drug-likeness (QED) is 0.498. The van der Waals surface area contributed by atoms with Gasteiger partial charge in [-0.25, -0.2) is 9.97 Å². The van der Waals surface area contributed by atoms with Crippen molar-refractivity contribution in [3.63, 3.8) is 0 Å². The lowest BCUT2D eigenvalue weighted by Crippen LogP contribution is -3.14. The van der Waals surface area contributed by atoms with Crippen LogP contribution >= 0.6 is 0 Å². The first kappa shape index (κ1) is 21.5. The number of piperidine rings is 1. The van der Waals surface area contributed by atoms with Gasteiger partial charge >= 0.3 is 5.69 Å². The monoisotopic (exact) mass is 427 g/mol. The average Bonchev–Trinajstić information content (AvgIpc) is 2.79. The van der Waals surface area contributed by atoms with Crippen molar-refractivity contribution in [2.45, 2.75) is 25.7 Å². The van der Waals surface area contributed by atoms with Crippen LogP contribution < -0.4 is 15.5 Å². The van der Waals surface area contributed by atoms with Crippen molar-refractivity contribution in [3.8, 4) is 0 Å². The molecular formula is C22H31N6O3+. The Morgan fingerprint density at radius 2 is 1.87 bits per heavy atom. The van der Waals surface area contributed by atoms with Crippen molar-refractivity contribution in [3.05, 3.63) is 51.8 Å². The molecule has 9 heteroatoms. The molecule has 2 aliphatic rings. The first-order valence-electron chi connectivity index (χ1n) is 11.1. The van der Waals surface area contributed by atoms with Gasteiger partial charge in [0.2, 0.25) is 11.6 Å². The molecule has 31 heavy (non-hydrogen) atoms. The van der Waals surface area contributed by atoms with Crippen molar-refractivity contribution in [2.75, 3.05) is 56.6 Å². The Kier molecular flexibility index (Phi) is 6.93. The van der Waals surface area contributed by atoms with Gasteiger partial charge < -0.3 is 20.3 Å². The van der Waals surface area contributed by atoms with E-state index in [1.165, 1.54) is 10.5 Å². The summed E-state index contributed by atoms with van der Waals surface area (Å²) >= 11 is 0. The summed E-state index contributed by atoms with van der Waals surface area (Å²) in [5, 5.41) is 11.7. The smallest absolute Gasteiger partial charge is 0.353 e. The summed E-state index contributed by atoms with van der Waals surface area (Å²) in [7, 11) is 0. The number of hydrogen-bond acceptors (Lipinski definition) is 7. The maximum absolute atomic E-state index is 11.7. The summed E-state index contributed by atoms with van der Waals surface area (Å²) in [6.07, 6.45) is 3.64. The van der Waals surface area contributed by atoms with Crippen molar-refractivity contribution >= 4 is 17.3 Å². The molecule has 2 saturated heterocycles. The van der Waals surface area contributed by atoms with Crippen molar-refractivity contribution < 1.29 is 14.6 Å². The summed E-state index contributed by atoms with van der Waals surface area (Å²) in [6.45, 7) is 5.81. The number of nitrogen functional groups attached to an aromatic ring is 1. The zero-order chi connectivity index (χ0) is 21.6. The third kappa shape index (κ3) is 5.48. The van der Waals surface area contributed by atoms with Gasteiger partial charge in [-0.05, 0) is 30.7 Å². The fourth-order valence-electron chi connectivity index (χ4n) is 4.51. The molecule has 0 atom stereocenters. The molecule has 2 aliphatic heterocycles. The van der Waals surface area contributed by atoms with E-state index in [9.17, 15) is 10.1 Å². The molecule has 3 heterocycles. The highest BCUT2D eigenvalue weighted by molar-refractivity contribution is 5.69. The second-order valence-corrected chi connectivity index (χ2v) is 8.44. The van der Waals surface area contributed by atoms with E-state index < -0.39 is 4.92 Å². The second-order valence-electron chi connectivity index (χ2n) is 8.44. The Balaban J connectivity index is 1.44. The van der Waals surface area contributed by atoms with Crippen LogP contribution in [0.1, 0.15) is 24.2 Å². The lowest BCUT2D eigenvalue weighted by Gasteiger charge is -2.32. The highest BCUT2D eigenvalue weighted by Gasteiger charge is 2.30. The molecule has 0 unspecified atom stereocenters. The maximum Gasteiger partial charge on any atom is 0.353 e. The molecule has 1 aromatic heterocycles. The average molecular weight is 428 g/mol. The predicted molar refractivity (Wildman–Crippen MR) is 118 cm³/mol. The molecule has 3 N–H and O–H groups in total. The number of morpholine rings is 1. The number of nitrogens with zero attached hydrogens (tertiary/aromatic N) is 4. The van der Waals surface area contributed by atoms with Crippen molar-refractivity contribution in [1.29, 1.82) is 0 Å². The van der Waals surface area contributed by atoms with Gasteiger partial charge in [-0.1, -0.05) is 30.3 Å². The largest absolute Gasteiger partial charge is 0.378 e. The minimum absolute atomic E-state index is 0.0339. The number of nitrogens with one attached hydrogen (secondary N) is 1. The second kappa shape index (κ2) is 10.0. The summed E-state index contributed by atoms with van der Waals surface area (Å²) in [5.41, 5.74) is 7.20. The SMILES string of the molecule is Nc1nc(CC[NH+]2CCOCC2)nc(N2CCC(Cc3ccccc3)CC2)c1[N+](=O)[O-]. The van der Waals surface area contributed by atoms with E-state index >= 15 is 0 Å². The van der Waals surface area contributed by atoms with Crippen LogP contribution in [0.5, 0.6) is 0 Å². The van der Waals surface area contributed by atoms with E-state index in [0.29, 0.717) is 24.0 Å². The standard InChI is InChI=1S/C22H30N6O3/c23-21-20(28(29)30)22(25-19(24-21)8-9-26-12-14-31-15-13-26)27-10-6-18(7-11-27)16-17-4-2-1-3-5-17/h1-5,18H,6-16H2,(H2,23,24,25)/p+1. The van der Waals surface area contributed by atoms with E-state index in [2.05, 4.69) is 34.2 Å². The lowest BCUT2D eigenvalue weighted by molar-refractivity contribution is -0.907. The summed E-state index contributed by atoms with van der Waals surface area (Å²) in [4.78, 5) is 23.6. The molecule has 4 rings (SSSR count). The Labute approximate surface area is 182 Å². The molecule has 1 aromatic carbocycles. The Morgan fingerprint density at radius 3 is 2.55 bits per heavy atom. The fourth-order valence-corrected chi connectivity index (χ4v) is 4.51. The molecule has 0 saturated carbocycles. The molecule has 2 fully saturated rings. The van der Waals surface area contributed by atoms with E-state index in [-0.39, 0.29) is 11.5 Å². The van der Waals surface area contributed by atoms with Crippen LogP contribution in [0.3, 0.4) is 0 Å². The summed E-state index contributed by atoms with van der Waals surface area (Å²) < 4.78 is 5.40. The normalized spacial score (nSPS) is 18.3.